The molecule has 1 unspecified atom stereocenters. The van der Waals surface area contributed by atoms with Crippen molar-refractivity contribution in [1.29, 1.82) is 0 Å². The largest absolute Gasteiger partial charge is 0.480 e. The van der Waals surface area contributed by atoms with Crippen LogP contribution < -0.4 is 10.5 Å². The van der Waals surface area contributed by atoms with Crippen molar-refractivity contribution in [3.8, 4) is 5.88 Å². The highest BCUT2D eigenvalue weighted by Gasteiger charge is 2.18. The van der Waals surface area contributed by atoms with E-state index in [4.69, 9.17) is 10.5 Å². The second-order valence-electron chi connectivity index (χ2n) is 3.95. The third kappa shape index (κ3) is 2.52. The van der Waals surface area contributed by atoms with Crippen LogP contribution in [-0.2, 0) is 0 Å². The van der Waals surface area contributed by atoms with Gasteiger partial charge in [-0.25, -0.2) is 4.98 Å². The Morgan fingerprint density at radius 3 is 2.67 bits per heavy atom. The molecule has 0 spiro atoms. The average Bonchev–Trinajstić information content (AvgIpc) is 2.38. The van der Waals surface area contributed by atoms with Crippen molar-refractivity contribution in [2.24, 2.45) is 5.73 Å². The van der Waals surface area contributed by atoms with Gasteiger partial charge >= 0.3 is 0 Å². The smallest absolute Gasteiger partial charge is 0.237 e. The zero-order chi connectivity index (χ0) is 13.1. The number of ether oxygens (including phenoxy) is 1. The summed E-state index contributed by atoms with van der Waals surface area (Å²) >= 11 is 3.52. The molecule has 0 aliphatic rings. The first-order chi connectivity index (χ1) is 8.63. The van der Waals surface area contributed by atoms with Crippen molar-refractivity contribution in [3.63, 3.8) is 0 Å². The van der Waals surface area contributed by atoms with Gasteiger partial charge in [-0.05, 0) is 24.1 Å². The van der Waals surface area contributed by atoms with E-state index < -0.39 is 0 Å². The first-order valence-corrected chi connectivity index (χ1v) is 6.29. The summed E-state index contributed by atoms with van der Waals surface area (Å²) < 4.78 is 6.14. The third-order valence-corrected chi connectivity index (χ3v) is 3.36. The highest BCUT2D eigenvalue weighted by molar-refractivity contribution is 9.10. The number of rotatable bonds is 3. The van der Waals surface area contributed by atoms with Crippen molar-refractivity contribution in [2.75, 3.05) is 7.11 Å². The molecule has 1 aromatic carbocycles. The molecule has 0 fully saturated rings. The third-order valence-electron chi connectivity index (χ3n) is 2.67. The minimum Gasteiger partial charge on any atom is -0.480 e. The molecule has 2 rings (SSSR count). The van der Waals surface area contributed by atoms with Crippen LogP contribution in [0.5, 0.6) is 5.88 Å². The van der Waals surface area contributed by atoms with E-state index in [0.29, 0.717) is 11.6 Å². The van der Waals surface area contributed by atoms with Crippen LogP contribution in [-0.4, -0.2) is 17.1 Å². The van der Waals surface area contributed by atoms with E-state index in [1.807, 2.05) is 25.1 Å². The van der Waals surface area contributed by atoms with Crippen LogP contribution in [0, 0.1) is 6.92 Å². The Morgan fingerprint density at radius 1 is 1.28 bits per heavy atom. The first-order valence-electron chi connectivity index (χ1n) is 5.50. The molecule has 0 radical (unpaired) electrons. The van der Waals surface area contributed by atoms with E-state index >= 15 is 0 Å². The summed E-state index contributed by atoms with van der Waals surface area (Å²) in [5, 5.41) is 0. The van der Waals surface area contributed by atoms with Crippen LogP contribution in [0.4, 0.5) is 0 Å². The predicted molar refractivity (Wildman–Crippen MR) is 73.5 cm³/mol. The summed E-state index contributed by atoms with van der Waals surface area (Å²) in [4.78, 5) is 8.37. The maximum absolute atomic E-state index is 6.23. The molecular formula is C13H14BrN3O. The molecule has 18 heavy (non-hydrogen) atoms. The predicted octanol–water partition coefficient (Wildman–Crippen LogP) is 2.60. The fourth-order valence-electron chi connectivity index (χ4n) is 1.74. The van der Waals surface area contributed by atoms with Gasteiger partial charge in [-0.3, -0.25) is 4.98 Å². The van der Waals surface area contributed by atoms with Gasteiger partial charge in [0.15, 0.2) is 0 Å². The minimum atomic E-state index is -0.372. The number of hydrogen-bond acceptors (Lipinski definition) is 4. The summed E-state index contributed by atoms with van der Waals surface area (Å²) in [5.74, 6) is 0.456. The number of aromatic nitrogens is 2. The van der Waals surface area contributed by atoms with E-state index in [0.717, 1.165) is 10.0 Å². The molecular weight excluding hydrogens is 294 g/mol. The molecule has 4 nitrogen and oxygen atoms in total. The Bertz CT molecular complexity index is 560. The number of methoxy groups -OCH3 is 1. The zero-order valence-electron chi connectivity index (χ0n) is 10.2. The number of nitrogens with two attached hydrogens (primary N) is 1. The molecule has 1 heterocycles. The van der Waals surface area contributed by atoms with Crippen LogP contribution in [0.25, 0.3) is 0 Å². The monoisotopic (exact) mass is 307 g/mol. The van der Waals surface area contributed by atoms with Gasteiger partial charge in [0.1, 0.15) is 5.69 Å². The lowest BCUT2D eigenvalue weighted by Gasteiger charge is -2.15. The van der Waals surface area contributed by atoms with Gasteiger partial charge in [-0.1, -0.05) is 28.1 Å². The Kier molecular flexibility index (Phi) is 3.93. The SMILES string of the molecule is COc1nccnc1C(N)c1ccc(C)cc1Br. The van der Waals surface area contributed by atoms with Crippen LogP contribution >= 0.6 is 15.9 Å². The number of halogens is 1. The van der Waals surface area contributed by atoms with Crippen molar-refractivity contribution in [3.05, 3.63) is 51.9 Å². The van der Waals surface area contributed by atoms with Gasteiger partial charge in [0.05, 0.1) is 13.2 Å². The molecule has 0 aliphatic heterocycles. The van der Waals surface area contributed by atoms with Crippen LogP contribution in [0.3, 0.4) is 0 Å². The Hall–Kier alpha value is -1.46. The fraction of sp³-hybridized carbons (Fsp3) is 0.231. The van der Waals surface area contributed by atoms with Crippen molar-refractivity contribution < 1.29 is 4.74 Å². The number of aryl methyl sites for hydroxylation is 1. The molecule has 5 heteroatoms. The highest BCUT2D eigenvalue weighted by atomic mass is 79.9. The van der Waals surface area contributed by atoms with Crippen molar-refractivity contribution in [2.45, 2.75) is 13.0 Å². The second-order valence-corrected chi connectivity index (χ2v) is 4.81. The molecule has 94 valence electrons. The lowest BCUT2D eigenvalue weighted by atomic mass is 10.0. The summed E-state index contributed by atoms with van der Waals surface area (Å²) in [6.45, 7) is 2.03. The average molecular weight is 308 g/mol. The maximum atomic E-state index is 6.23. The quantitative estimate of drug-likeness (QED) is 0.947. The van der Waals surface area contributed by atoms with Crippen molar-refractivity contribution >= 4 is 15.9 Å². The van der Waals surface area contributed by atoms with Crippen LogP contribution in [0.2, 0.25) is 0 Å². The maximum Gasteiger partial charge on any atom is 0.237 e. The molecule has 1 atom stereocenters. The summed E-state index contributed by atoms with van der Waals surface area (Å²) in [6.07, 6.45) is 3.19. The van der Waals surface area contributed by atoms with E-state index in [9.17, 15) is 0 Å². The van der Waals surface area contributed by atoms with E-state index in [1.165, 1.54) is 5.56 Å². The molecule has 2 N–H and O–H groups in total. The van der Waals surface area contributed by atoms with Gasteiger partial charge in [0.2, 0.25) is 5.88 Å². The summed E-state index contributed by atoms with van der Waals surface area (Å²) in [7, 11) is 1.56. The molecule has 0 saturated heterocycles. The minimum absolute atomic E-state index is 0.372. The lowest BCUT2D eigenvalue weighted by Crippen LogP contribution is -2.16. The number of nitrogens with zero attached hydrogens (tertiary/aromatic N) is 2. The second kappa shape index (κ2) is 5.46. The topological polar surface area (TPSA) is 61.0 Å². The summed E-state index contributed by atoms with van der Waals surface area (Å²) in [6, 6.07) is 5.66. The Labute approximate surface area is 114 Å². The molecule has 1 aromatic heterocycles. The Morgan fingerprint density at radius 2 is 2.00 bits per heavy atom. The van der Waals surface area contributed by atoms with E-state index in [2.05, 4.69) is 25.9 Å². The van der Waals surface area contributed by atoms with E-state index in [-0.39, 0.29) is 6.04 Å². The van der Waals surface area contributed by atoms with Gasteiger partial charge in [0.25, 0.3) is 0 Å². The van der Waals surface area contributed by atoms with Gasteiger partial charge in [-0.2, -0.15) is 0 Å². The number of hydrogen-bond donors (Lipinski definition) is 1. The van der Waals surface area contributed by atoms with Gasteiger partial charge < -0.3 is 10.5 Å². The van der Waals surface area contributed by atoms with Crippen LogP contribution in [0.15, 0.2) is 35.1 Å². The molecule has 0 bridgehead atoms. The number of benzene rings is 1. The summed E-state index contributed by atoms with van der Waals surface area (Å²) in [5.41, 5.74) is 8.99. The van der Waals surface area contributed by atoms with E-state index in [1.54, 1.807) is 19.5 Å². The zero-order valence-corrected chi connectivity index (χ0v) is 11.8. The standard InChI is InChI=1S/C13H14BrN3O/c1-8-3-4-9(10(14)7-8)11(15)12-13(18-2)17-6-5-16-12/h3-7,11H,15H2,1-2H3. The normalized spacial score (nSPS) is 12.2. The van der Waals surface area contributed by atoms with Gasteiger partial charge in [0, 0.05) is 16.9 Å². The van der Waals surface area contributed by atoms with Crippen molar-refractivity contribution in [1.82, 2.24) is 9.97 Å². The van der Waals surface area contributed by atoms with Crippen LogP contribution in [0.1, 0.15) is 22.9 Å². The molecule has 0 saturated carbocycles. The Balaban J connectivity index is 2.44. The molecule has 0 aliphatic carbocycles. The highest BCUT2D eigenvalue weighted by Crippen LogP contribution is 2.29. The lowest BCUT2D eigenvalue weighted by molar-refractivity contribution is 0.387. The van der Waals surface area contributed by atoms with Gasteiger partial charge in [-0.15, -0.1) is 0 Å². The molecule has 2 aromatic rings. The molecule has 0 amide bonds. The first kappa shape index (κ1) is 13.0. The fourth-order valence-corrected chi connectivity index (χ4v) is 2.48.